The number of thiophene rings is 1. The van der Waals surface area contributed by atoms with Gasteiger partial charge < -0.3 is 10.8 Å². The van der Waals surface area contributed by atoms with E-state index in [1.807, 2.05) is 6.07 Å². The zero-order chi connectivity index (χ0) is 20.7. The SMILES string of the molecule is CNC(O)c1cnc(N)c2cc(-c3ccc(S(=O)(=O)NC(C)(C)C)cc3)sc12. The second-order valence-electron chi connectivity index (χ2n) is 7.52. The van der Waals surface area contributed by atoms with Crippen LogP contribution in [-0.2, 0) is 10.0 Å². The first-order chi connectivity index (χ1) is 13.0. The summed E-state index contributed by atoms with van der Waals surface area (Å²) in [6.45, 7) is 5.39. The van der Waals surface area contributed by atoms with E-state index in [0.717, 1.165) is 20.5 Å². The smallest absolute Gasteiger partial charge is 0.241 e. The largest absolute Gasteiger partial charge is 0.383 e. The standard InChI is InChI=1S/C19H24N4O3S2/c1-19(2,3)23-28(25,26)12-7-5-11(6-8-12)15-9-13-16(27-15)14(18(24)21-4)10-22-17(13)20/h5-10,18,21,23-24H,1-4H3,(H2,20,22). The number of aliphatic hydroxyl groups excluding tert-OH is 1. The average Bonchev–Trinajstić information content (AvgIpc) is 3.06. The van der Waals surface area contributed by atoms with Crippen LogP contribution >= 0.6 is 11.3 Å². The molecule has 2 heterocycles. The summed E-state index contributed by atoms with van der Waals surface area (Å²) < 4.78 is 28.4. The van der Waals surface area contributed by atoms with Crippen LogP contribution in [0.3, 0.4) is 0 Å². The fourth-order valence-corrected chi connectivity index (χ4v) is 5.44. The maximum atomic E-state index is 12.5. The number of fused-ring (bicyclic) bond motifs is 1. The Hall–Kier alpha value is -2.04. The summed E-state index contributed by atoms with van der Waals surface area (Å²) in [5.41, 5.74) is 6.96. The number of sulfonamides is 1. The lowest BCUT2D eigenvalue weighted by Gasteiger charge is -2.20. The molecule has 1 atom stereocenters. The number of aromatic nitrogens is 1. The van der Waals surface area contributed by atoms with E-state index in [1.165, 1.54) is 11.3 Å². The van der Waals surface area contributed by atoms with Crippen molar-refractivity contribution in [3.05, 3.63) is 42.1 Å². The highest BCUT2D eigenvalue weighted by Crippen LogP contribution is 2.39. The quantitative estimate of drug-likeness (QED) is 0.472. The first-order valence-corrected chi connectivity index (χ1v) is 11.0. The van der Waals surface area contributed by atoms with Crippen LogP contribution < -0.4 is 15.8 Å². The van der Waals surface area contributed by atoms with E-state index in [2.05, 4.69) is 15.0 Å². The van der Waals surface area contributed by atoms with Gasteiger partial charge in [-0.2, -0.15) is 0 Å². The van der Waals surface area contributed by atoms with Gasteiger partial charge in [-0.15, -0.1) is 11.3 Å². The van der Waals surface area contributed by atoms with Crippen molar-refractivity contribution in [2.75, 3.05) is 12.8 Å². The number of rotatable bonds is 5. The molecule has 1 unspecified atom stereocenters. The molecule has 0 aliphatic heterocycles. The van der Waals surface area contributed by atoms with Gasteiger partial charge in [0.2, 0.25) is 10.0 Å². The highest BCUT2D eigenvalue weighted by Gasteiger charge is 2.22. The average molecular weight is 421 g/mol. The third-order valence-corrected chi connectivity index (χ3v) is 7.08. The van der Waals surface area contributed by atoms with Crippen molar-refractivity contribution in [2.45, 2.75) is 37.4 Å². The van der Waals surface area contributed by atoms with Crippen molar-refractivity contribution in [3.63, 3.8) is 0 Å². The van der Waals surface area contributed by atoms with E-state index in [0.29, 0.717) is 11.4 Å². The molecule has 0 aliphatic carbocycles. The number of nitrogens with zero attached hydrogens (tertiary/aromatic N) is 1. The van der Waals surface area contributed by atoms with Gasteiger partial charge >= 0.3 is 0 Å². The monoisotopic (exact) mass is 420 g/mol. The minimum absolute atomic E-state index is 0.208. The Kier molecular flexibility index (Phi) is 5.48. The van der Waals surface area contributed by atoms with Gasteiger partial charge in [0.15, 0.2) is 0 Å². The summed E-state index contributed by atoms with van der Waals surface area (Å²) in [6, 6.07) is 8.60. The van der Waals surface area contributed by atoms with E-state index in [4.69, 9.17) is 5.73 Å². The van der Waals surface area contributed by atoms with Gasteiger partial charge in [0, 0.05) is 32.3 Å². The molecule has 0 amide bonds. The highest BCUT2D eigenvalue weighted by atomic mass is 32.2. The number of hydrogen-bond donors (Lipinski definition) is 4. The van der Waals surface area contributed by atoms with E-state index in [1.54, 1.807) is 58.3 Å². The minimum atomic E-state index is -3.59. The normalized spacial score (nSPS) is 13.8. The number of nitrogens with two attached hydrogens (primary N) is 1. The lowest BCUT2D eigenvalue weighted by atomic mass is 10.1. The van der Waals surface area contributed by atoms with Gasteiger partial charge in [-0.1, -0.05) is 12.1 Å². The fourth-order valence-electron chi connectivity index (χ4n) is 2.82. The third-order valence-electron chi connectivity index (χ3n) is 4.07. The van der Waals surface area contributed by atoms with Crippen LogP contribution in [-0.4, -0.2) is 31.1 Å². The first kappa shape index (κ1) is 20.7. The van der Waals surface area contributed by atoms with Crippen molar-refractivity contribution < 1.29 is 13.5 Å². The van der Waals surface area contributed by atoms with Crippen LogP contribution in [0, 0.1) is 0 Å². The summed E-state index contributed by atoms with van der Waals surface area (Å²) in [4.78, 5) is 5.28. The van der Waals surface area contributed by atoms with Crippen LogP contribution in [0.25, 0.3) is 20.5 Å². The lowest BCUT2D eigenvalue weighted by Crippen LogP contribution is -2.40. The van der Waals surface area contributed by atoms with Gasteiger partial charge in [-0.05, 0) is 51.6 Å². The molecular weight excluding hydrogens is 396 g/mol. The molecule has 0 saturated carbocycles. The number of hydrogen-bond acceptors (Lipinski definition) is 7. The Morgan fingerprint density at radius 2 is 1.86 bits per heavy atom. The molecular formula is C19H24N4O3S2. The van der Waals surface area contributed by atoms with Crippen LogP contribution in [0.4, 0.5) is 5.82 Å². The molecule has 9 heteroatoms. The van der Waals surface area contributed by atoms with Crippen LogP contribution in [0.15, 0.2) is 41.4 Å². The Bertz CT molecular complexity index is 1100. The van der Waals surface area contributed by atoms with E-state index < -0.39 is 21.8 Å². The van der Waals surface area contributed by atoms with Crippen molar-refractivity contribution in [3.8, 4) is 10.4 Å². The highest BCUT2D eigenvalue weighted by molar-refractivity contribution is 7.89. The summed E-state index contributed by atoms with van der Waals surface area (Å²) in [5.74, 6) is 0.387. The summed E-state index contributed by atoms with van der Waals surface area (Å²) in [7, 11) is -1.93. The molecule has 0 fully saturated rings. The van der Waals surface area contributed by atoms with Crippen molar-refractivity contribution in [1.29, 1.82) is 0 Å². The Morgan fingerprint density at radius 3 is 2.43 bits per heavy atom. The van der Waals surface area contributed by atoms with Gasteiger partial charge in [-0.3, -0.25) is 5.32 Å². The minimum Gasteiger partial charge on any atom is -0.383 e. The second kappa shape index (κ2) is 7.41. The van der Waals surface area contributed by atoms with Crippen molar-refractivity contribution >= 4 is 37.3 Å². The maximum absolute atomic E-state index is 12.5. The Morgan fingerprint density at radius 1 is 1.21 bits per heavy atom. The van der Waals surface area contributed by atoms with E-state index in [-0.39, 0.29) is 4.90 Å². The molecule has 7 nitrogen and oxygen atoms in total. The van der Waals surface area contributed by atoms with Gasteiger partial charge in [0.25, 0.3) is 0 Å². The molecule has 2 aromatic heterocycles. The second-order valence-corrected chi connectivity index (χ2v) is 10.3. The Labute approximate surface area is 168 Å². The molecule has 3 rings (SSSR count). The predicted octanol–water partition coefficient (Wildman–Crippen LogP) is 2.83. The molecule has 0 spiro atoms. The number of anilines is 1. The molecule has 1 aromatic carbocycles. The van der Waals surface area contributed by atoms with Crippen LogP contribution in [0.1, 0.15) is 32.6 Å². The fraction of sp³-hybridized carbons (Fsp3) is 0.316. The summed E-state index contributed by atoms with van der Waals surface area (Å²) in [5, 5.41) is 13.7. The number of nitrogens with one attached hydrogen (secondary N) is 2. The van der Waals surface area contributed by atoms with Gasteiger partial charge in [-0.25, -0.2) is 18.1 Å². The molecule has 0 saturated heterocycles. The molecule has 28 heavy (non-hydrogen) atoms. The molecule has 0 aliphatic rings. The molecule has 0 radical (unpaired) electrons. The topological polar surface area (TPSA) is 117 Å². The zero-order valence-electron chi connectivity index (χ0n) is 16.1. The molecule has 0 bridgehead atoms. The van der Waals surface area contributed by atoms with Crippen molar-refractivity contribution in [1.82, 2.24) is 15.0 Å². The Balaban J connectivity index is 2.01. The van der Waals surface area contributed by atoms with Gasteiger partial charge in [0.05, 0.1) is 4.90 Å². The number of aliphatic hydroxyl groups is 1. The third kappa shape index (κ3) is 4.18. The van der Waals surface area contributed by atoms with E-state index in [9.17, 15) is 13.5 Å². The maximum Gasteiger partial charge on any atom is 0.241 e. The molecule has 150 valence electrons. The first-order valence-electron chi connectivity index (χ1n) is 8.69. The van der Waals surface area contributed by atoms with Gasteiger partial charge in [0.1, 0.15) is 12.0 Å². The van der Waals surface area contributed by atoms with Crippen molar-refractivity contribution in [2.24, 2.45) is 0 Å². The number of nitrogen functional groups attached to an aromatic ring is 1. The molecule has 5 N–H and O–H groups in total. The predicted molar refractivity (Wildman–Crippen MR) is 114 cm³/mol. The number of pyridine rings is 1. The molecule has 3 aromatic rings. The van der Waals surface area contributed by atoms with Crippen LogP contribution in [0.5, 0.6) is 0 Å². The lowest BCUT2D eigenvalue weighted by molar-refractivity contribution is 0.150. The summed E-state index contributed by atoms with van der Waals surface area (Å²) >= 11 is 1.47. The number of benzene rings is 1. The zero-order valence-corrected chi connectivity index (χ0v) is 17.8. The van der Waals surface area contributed by atoms with E-state index >= 15 is 0 Å². The summed E-state index contributed by atoms with van der Waals surface area (Å²) in [6.07, 6.45) is 0.713. The van der Waals surface area contributed by atoms with Crippen LogP contribution in [0.2, 0.25) is 0 Å².